The highest BCUT2D eigenvalue weighted by Gasteiger charge is 2.17. The number of benzene rings is 3. The number of nitrogens with one attached hydrogen (secondary N) is 1. The third-order valence-electron chi connectivity index (χ3n) is 4.61. The molecule has 6 heteroatoms. The van der Waals surface area contributed by atoms with Crippen molar-refractivity contribution in [1.82, 2.24) is 5.32 Å². The molecule has 3 aromatic carbocycles. The SMILES string of the molecule is COc1cc(CNC(=O)[C@@H](C)Oc2cccc3ccccc23)cc(OC)c1OC. The fourth-order valence-corrected chi connectivity index (χ4v) is 3.11. The van der Waals surface area contributed by atoms with Crippen LogP contribution < -0.4 is 24.3 Å². The van der Waals surface area contributed by atoms with Crippen LogP contribution >= 0.6 is 0 Å². The van der Waals surface area contributed by atoms with Crippen LogP contribution in [0.1, 0.15) is 12.5 Å². The molecule has 0 aromatic heterocycles. The summed E-state index contributed by atoms with van der Waals surface area (Å²) in [5.41, 5.74) is 0.824. The maximum Gasteiger partial charge on any atom is 0.261 e. The van der Waals surface area contributed by atoms with Crippen LogP contribution in [-0.2, 0) is 11.3 Å². The number of hydrogen-bond acceptors (Lipinski definition) is 5. The summed E-state index contributed by atoms with van der Waals surface area (Å²) in [7, 11) is 4.66. The van der Waals surface area contributed by atoms with E-state index in [1.807, 2.05) is 42.5 Å². The first-order valence-corrected chi connectivity index (χ1v) is 9.28. The minimum atomic E-state index is -0.650. The monoisotopic (exact) mass is 395 g/mol. The van der Waals surface area contributed by atoms with Crippen molar-refractivity contribution in [2.45, 2.75) is 19.6 Å². The van der Waals surface area contributed by atoms with Crippen molar-refractivity contribution in [2.24, 2.45) is 0 Å². The smallest absolute Gasteiger partial charge is 0.261 e. The second kappa shape index (κ2) is 9.19. The van der Waals surface area contributed by atoms with Gasteiger partial charge in [0.05, 0.1) is 21.3 Å². The molecule has 0 heterocycles. The number of hydrogen-bond donors (Lipinski definition) is 1. The van der Waals surface area contributed by atoms with E-state index in [1.165, 1.54) is 0 Å². The molecular weight excluding hydrogens is 370 g/mol. The zero-order valence-corrected chi connectivity index (χ0v) is 17.0. The zero-order valence-electron chi connectivity index (χ0n) is 17.0. The molecule has 0 fully saturated rings. The lowest BCUT2D eigenvalue weighted by Crippen LogP contribution is -2.35. The van der Waals surface area contributed by atoms with Crippen molar-refractivity contribution in [3.63, 3.8) is 0 Å². The number of rotatable bonds is 8. The van der Waals surface area contributed by atoms with E-state index in [0.29, 0.717) is 29.5 Å². The molecule has 3 aromatic rings. The van der Waals surface area contributed by atoms with Gasteiger partial charge in [-0.05, 0) is 36.1 Å². The fraction of sp³-hybridized carbons (Fsp3) is 0.261. The van der Waals surface area contributed by atoms with Gasteiger partial charge in [-0.25, -0.2) is 0 Å². The van der Waals surface area contributed by atoms with Gasteiger partial charge in [-0.15, -0.1) is 0 Å². The molecule has 1 atom stereocenters. The molecule has 0 radical (unpaired) electrons. The highest BCUT2D eigenvalue weighted by atomic mass is 16.5. The van der Waals surface area contributed by atoms with Gasteiger partial charge >= 0.3 is 0 Å². The predicted molar refractivity (Wildman–Crippen MR) is 112 cm³/mol. The second-order valence-electron chi connectivity index (χ2n) is 6.49. The van der Waals surface area contributed by atoms with Crippen LogP contribution in [0.4, 0.5) is 0 Å². The summed E-state index contributed by atoms with van der Waals surface area (Å²) in [5.74, 6) is 2.05. The fourth-order valence-electron chi connectivity index (χ4n) is 3.11. The first-order valence-electron chi connectivity index (χ1n) is 9.28. The molecule has 0 aliphatic rings. The van der Waals surface area contributed by atoms with Crippen LogP contribution in [0, 0.1) is 0 Å². The molecular formula is C23H25NO5. The van der Waals surface area contributed by atoms with E-state index in [0.717, 1.165) is 16.3 Å². The Balaban J connectivity index is 1.69. The van der Waals surface area contributed by atoms with Gasteiger partial charge in [-0.3, -0.25) is 4.79 Å². The first kappa shape index (κ1) is 20.3. The summed E-state index contributed by atoms with van der Waals surface area (Å²) in [6.07, 6.45) is -0.650. The van der Waals surface area contributed by atoms with E-state index in [4.69, 9.17) is 18.9 Å². The molecule has 0 bridgehead atoms. The van der Waals surface area contributed by atoms with Crippen LogP contribution in [0.3, 0.4) is 0 Å². The lowest BCUT2D eigenvalue weighted by Gasteiger charge is -2.17. The summed E-state index contributed by atoms with van der Waals surface area (Å²) in [6.45, 7) is 2.03. The standard InChI is InChI=1S/C23H25NO5/c1-15(29-19-11-7-9-17-8-5-6-10-18(17)19)23(25)24-14-16-12-20(26-2)22(28-4)21(13-16)27-3/h5-13,15H,14H2,1-4H3,(H,24,25)/t15-/m1/s1. The number of methoxy groups -OCH3 is 3. The van der Waals surface area contributed by atoms with E-state index in [-0.39, 0.29) is 5.91 Å². The number of fused-ring (bicyclic) bond motifs is 1. The summed E-state index contributed by atoms with van der Waals surface area (Å²) in [5, 5.41) is 4.93. The molecule has 0 spiro atoms. The van der Waals surface area contributed by atoms with E-state index in [9.17, 15) is 4.79 Å². The molecule has 0 saturated heterocycles. The predicted octanol–water partition coefficient (Wildman–Crippen LogP) is 3.95. The van der Waals surface area contributed by atoms with Gasteiger partial charge in [-0.1, -0.05) is 36.4 Å². The van der Waals surface area contributed by atoms with Crippen LogP contribution in [0.2, 0.25) is 0 Å². The lowest BCUT2D eigenvalue weighted by atomic mass is 10.1. The summed E-state index contributed by atoms with van der Waals surface area (Å²) < 4.78 is 21.9. The Morgan fingerprint density at radius 1 is 0.897 bits per heavy atom. The Bertz CT molecular complexity index is 971. The Kier molecular flexibility index (Phi) is 6.44. The van der Waals surface area contributed by atoms with Crippen LogP contribution in [0.25, 0.3) is 10.8 Å². The normalized spacial score (nSPS) is 11.6. The van der Waals surface area contributed by atoms with Gasteiger partial charge in [0, 0.05) is 11.9 Å². The molecule has 0 aliphatic carbocycles. The minimum Gasteiger partial charge on any atom is -0.493 e. The topological polar surface area (TPSA) is 66.0 Å². The molecule has 0 aliphatic heterocycles. The highest BCUT2D eigenvalue weighted by molar-refractivity contribution is 5.89. The first-order chi connectivity index (χ1) is 14.1. The van der Waals surface area contributed by atoms with E-state index in [1.54, 1.807) is 40.4 Å². The van der Waals surface area contributed by atoms with Gasteiger partial charge in [-0.2, -0.15) is 0 Å². The molecule has 1 amide bonds. The van der Waals surface area contributed by atoms with Crippen molar-refractivity contribution in [1.29, 1.82) is 0 Å². The van der Waals surface area contributed by atoms with E-state index < -0.39 is 6.10 Å². The minimum absolute atomic E-state index is 0.216. The van der Waals surface area contributed by atoms with Crippen molar-refractivity contribution < 1.29 is 23.7 Å². The summed E-state index contributed by atoms with van der Waals surface area (Å²) in [6, 6.07) is 17.3. The quantitative estimate of drug-likeness (QED) is 0.626. The average Bonchev–Trinajstić information content (AvgIpc) is 2.76. The number of amides is 1. The highest BCUT2D eigenvalue weighted by Crippen LogP contribution is 2.38. The maximum absolute atomic E-state index is 12.6. The Hall–Kier alpha value is -3.41. The van der Waals surface area contributed by atoms with Crippen LogP contribution in [-0.4, -0.2) is 33.3 Å². The Labute approximate surface area is 170 Å². The average molecular weight is 395 g/mol. The third-order valence-corrected chi connectivity index (χ3v) is 4.61. The van der Waals surface area contributed by atoms with Gasteiger partial charge in [0.15, 0.2) is 17.6 Å². The molecule has 6 nitrogen and oxygen atoms in total. The molecule has 1 N–H and O–H groups in total. The summed E-state index contributed by atoms with van der Waals surface area (Å²) >= 11 is 0. The van der Waals surface area contributed by atoms with Crippen molar-refractivity contribution in [3.8, 4) is 23.0 Å². The van der Waals surface area contributed by atoms with Crippen LogP contribution in [0.15, 0.2) is 54.6 Å². The Morgan fingerprint density at radius 2 is 1.55 bits per heavy atom. The molecule has 3 rings (SSSR count). The molecule has 0 saturated carbocycles. The largest absolute Gasteiger partial charge is 0.493 e. The van der Waals surface area contributed by atoms with Crippen molar-refractivity contribution >= 4 is 16.7 Å². The zero-order chi connectivity index (χ0) is 20.8. The van der Waals surface area contributed by atoms with E-state index >= 15 is 0 Å². The maximum atomic E-state index is 12.6. The molecule has 29 heavy (non-hydrogen) atoms. The van der Waals surface area contributed by atoms with Crippen molar-refractivity contribution in [3.05, 3.63) is 60.2 Å². The van der Waals surface area contributed by atoms with Gasteiger partial charge < -0.3 is 24.3 Å². The van der Waals surface area contributed by atoms with Crippen LogP contribution in [0.5, 0.6) is 23.0 Å². The van der Waals surface area contributed by atoms with Gasteiger partial charge in [0.2, 0.25) is 5.75 Å². The van der Waals surface area contributed by atoms with Crippen molar-refractivity contribution in [2.75, 3.05) is 21.3 Å². The van der Waals surface area contributed by atoms with Gasteiger partial charge in [0.1, 0.15) is 5.75 Å². The number of carbonyl (C=O) groups is 1. The third kappa shape index (κ3) is 4.54. The van der Waals surface area contributed by atoms with E-state index in [2.05, 4.69) is 5.32 Å². The summed E-state index contributed by atoms with van der Waals surface area (Å²) in [4.78, 5) is 12.6. The lowest BCUT2D eigenvalue weighted by molar-refractivity contribution is -0.127. The molecule has 152 valence electrons. The molecule has 0 unspecified atom stereocenters. The number of ether oxygens (including phenoxy) is 4. The van der Waals surface area contributed by atoms with Gasteiger partial charge in [0.25, 0.3) is 5.91 Å². The Morgan fingerprint density at radius 3 is 2.21 bits per heavy atom. The number of carbonyl (C=O) groups excluding carboxylic acids is 1. The second-order valence-corrected chi connectivity index (χ2v) is 6.49.